The highest BCUT2D eigenvalue weighted by Crippen LogP contribution is 2.29. The lowest BCUT2D eigenvalue weighted by molar-refractivity contribution is 0.0965. The number of rotatable bonds is 9. The van der Waals surface area contributed by atoms with Crippen LogP contribution in [0.1, 0.15) is 47.0 Å². The molecule has 2 nitrogen and oxygen atoms in total. The standard InChI is InChI=1S/C12H27NO/c1-5-12(6-2,11-13-7-3)9-10-14-8-4/h13H,5-11H2,1-4H3. The largest absolute Gasteiger partial charge is 0.382 e. The molecule has 0 saturated heterocycles. The summed E-state index contributed by atoms with van der Waals surface area (Å²) in [6.07, 6.45) is 3.66. The molecule has 0 saturated carbocycles. The maximum absolute atomic E-state index is 5.44. The van der Waals surface area contributed by atoms with Gasteiger partial charge in [0.2, 0.25) is 0 Å². The lowest BCUT2D eigenvalue weighted by Gasteiger charge is -2.32. The van der Waals surface area contributed by atoms with E-state index in [9.17, 15) is 0 Å². The predicted molar refractivity (Wildman–Crippen MR) is 62.7 cm³/mol. The Kier molecular flexibility index (Phi) is 8.20. The minimum absolute atomic E-state index is 0.450. The molecule has 0 fully saturated rings. The molecule has 86 valence electrons. The monoisotopic (exact) mass is 201 g/mol. The van der Waals surface area contributed by atoms with Crippen LogP contribution in [0.5, 0.6) is 0 Å². The predicted octanol–water partition coefficient (Wildman–Crippen LogP) is 2.83. The minimum atomic E-state index is 0.450. The Hall–Kier alpha value is -0.0800. The molecule has 0 aromatic carbocycles. The van der Waals surface area contributed by atoms with Crippen LogP contribution in [-0.2, 0) is 4.74 Å². The molecule has 0 rings (SSSR count). The summed E-state index contributed by atoms with van der Waals surface area (Å²) < 4.78 is 5.44. The van der Waals surface area contributed by atoms with E-state index >= 15 is 0 Å². The Labute approximate surface area is 89.4 Å². The van der Waals surface area contributed by atoms with Gasteiger partial charge in [-0.25, -0.2) is 0 Å². The molecule has 0 aromatic heterocycles. The molecule has 0 aromatic rings. The van der Waals surface area contributed by atoms with Gasteiger partial charge in [0.05, 0.1) is 0 Å². The zero-order chi connectivity index (χ0) is 10.9. The van der Waals surface area contributed by atoms with E-state index in [1.165, 1.54) is 19.3 Å². The van der Waals surface area contributed by atoms with Crippen molar-refractivity contribution in [2.45, 2.75) is 47.0 Å². The molecule has 0 spiro atoms. The van der Waals surface area contributed by atoms with Crippen LogP contribution < -0.4 is 5.32 Å². The Balaban J connectivity index is 3.94. The van der Waals surface area contributed by atoms with E-state index in [0.717, 1.165) is 26.3 Å². The van der Waals surface area contributed by atoms with Crippen LogP contribution in [0.15, 0.2) is 0 Å². The second kappa shape index (κ2) is 8.25. The molecule has 0 bridgehead atoms. The Morgan fingerprint density at radius 2 is 1.71 bits per heavy atom. The van der Waals surface area contributed by atoms with E-state index in [1.807, 2.05) is 0 Å². The normalized spacial score (nSPS) is 12.0. The van der Waals surface area contributed by atoms with Crippen molar-refractivity contribution in [3.63, 3.8) is 0 Å². The van der Waals surface area contributed by atoms with Gasteiger partial charge in [-0.05, 0) is 38.1 Å². The molecule has 14 heavy (non-hydrogen) atoms. The number of hydrogen-bond acceptors (Lipinski definition) is 2. The van der Waals surface area contributed by atoms with Crippen LogP contribution in [0.2, 0.25) is 0 Å². The Bertz CT molecular complexity index is 121. The molecule has 0 atom stereocenters. The first-order chi connectivity index (χ1) is 6.74. The highest BCUT2D eigenvalue weighted by Gasteiger charge is 2.24. The molecule has 0 aliphatic heterocycles. The fourth-order valence-corrected chi connectivity index (χ4v) is 1.77. The van der Waals surface area contributed by atoms with Crippen molar-refractivity contribution in [1.82, 2.24) is 5.32 Å². The summed E-state index contributed by atoms with van der Waals surface area (Å²) in [4.78, 5) is 0. The third-order valence-corrected chi connectivity index (χ3v) is 3.23. The molecule has 0 heterocycles. The summed E-state index contributed by atoms with van der Waals surface area (Å²) >= 11 is 0. The van der Waals surface area contributed by atoms with Crippen LogP contribution in [-0.4, -0.2) is 26.3 Å². The van der Waals surface area contributed by atoms with Gasteiger partial charge in [-0.3, -0.25) is 0 Å². The van der Waals surface area contributed by atoms with E-state index < -0.39 is 0 Å². The van der Waals surface area contributed by atoms with Crippen molar-refractivity contribution < 1.29 is 4.74 Å². The van der Waals surface area contributed by atoms with Crippen molar-refractivity contribution in [3.8, 4) is 0 Å². The van der Waals surface area contributed by atoms with Gasteiger partial charge in [-0.1, -0.05) is 20.8 Å². The average Bonchev–Trinajstić information content (AvgIpc) is 2.24. The van der Waals surface area contributed by atoms with Gasteiger partial charge in [0, 0.05) is 19.8 Å². The second-order valence-corrected chi connectivity index (χ2v) is 3.93. The second-order valence-electron chi connectivity index (χ2n) is 3.93. The van der Waals surface area contributed by atoms with Gasteiger partial charge in [0.25, 0.3) is 0 Å². The first-order valence-corrected chi connectivity index (χ1v) is 6.03. The molecule has 0 unspecified atom stereocenters. The topological polar surface area (TPSA) is 21.3 Å². The zero-order valence-electron chi connectivity index (χ0n) is 10.4. The molecule has 1 N–H and O–H groups in total. The maximum Gasteiger partial charge on any atom is 0.0471 e. The smallest absolute Gasteiger partial charge is 0.0471 e. The van der Waals surface area contributed by atoms with Gasteiger partial charge in [-0.15, -0.1) is 0 Å². The van der Waals surface area contributed by atoms with Crippen LogP contribution in [0.25, 0.3) is 0 Å². The van der Waals surface area contributed by atoms with Crippen molar-refractivity contribution in [2.24, 2.45) is 5.41 Å². The minimum Gasteiger partial charge on any atom is -0.382 e. The maximum atomic E-state index is 5.44. The molecule has 2 heteroatoms. The summed E-state index contributed by atoms with van der Waals surface area (Å²) in [5, 5.41) is 3.46. The number of nitrogens with one attached hydrogen (secondary N) is 1. The van der Waals surface area contributed by atoms with E-state index in [-0.39, 0.29) is 0 Å². The van der Waals surface area contributed by atoms with Crippen molar-refractivity contribution in [1.29, 1.82) is 0 Å². The lowest BCUT2D eigenvalue weighted by atomic mass is 9.79. The molecule has 0 radical (unpaired) electrons. The fraction of sp³-hybridized carbons (Fsp3) is 1.00. The van der Waals surface area contributed by atoms with Crippen molar-refractivity contribution in [3.05, 3.63) is 0 Å². The van der Waals surface area contributed by atoms with Gasteiger partial charge >= 0.3 is 0 Å². The van der Waals surface area contributed by atoms with Gasteiger partial charge in [0.1, 0.15) is 0 Å². The highest BCUT2D eigenvalue weighted by molar-refractivity contribution is 4.78. The SMILES string of the molecule is CCNCC(CC)(CC)CCOCC. The van der Waals surface area contributed by atoms with Crippen LogP contribution in [0.4, 0.5) is 0 Å². The molecular formula is C12H27NO. The van der Waals surface area contributed by atoms with Gasteiger partial charge < -0.3 is 10.1 Å². The van der Waals surface area contributed by atoms with Gasteiger partial charge in [0.15, 0.2) is 0 Å². The number of ether oxygens (including phenoxy) is 1. The van der Waals surface area contributed by atoms with E-state index in [0.29, 0.717) is 5.41 Å². The van der Waals surface area contributed by atoms with Crippen molar-refractivity contribution in [2.75, 3.05) is 26.3 Å². The van der Waals surface area contributed by atoms with Crippen LogP contribution >= 0.6 is 0 Å². The Morgan fingerprint density at radius 1 is 1.07 bits per heavy atom. The molecule has 0 amide bonds. The summed E-state index contributed by atoms with van der Waals surface area (Å²) in [5.74, 6) is 0. The molecule has 0 aliphatic carbocycles. The van der Waals surface area contributed by atoms with Crippen molar-refractivity contribution >= 4 is 0 Å². The quantitative estimate of drug-likeness (QED) is 0.579. The molecular weight excluding hydrogens is 174 g/mol. The summed E-state index contributed by atoms with van der Waals surface area (Å²) in [7, 11) is 0. The fourth-order valence-electron chi connectivity index (χ4n) is 1.77. The number of hydrogen-bond donors (Lipinski definition) is 1. The zero-order valence-corrected chi connectivity index (χ0v) is 10.4. The van der Waals surface area contributed by atoms with Crippen LogP contribution in [0, 0.1) is 5.41 Å². The third kappa shape index (κ3) is 4.97. The third-order valence-electron chi connectivity index (χ3n) is 3.23. The molecule has 0 aliphatic rings. The lowest BCUT2D eigenvalue weighted by Crippen LogP contribution is -2.34. The van der Waals surface area contributed by atoms with E-state index in [2.05, 4.69) is 33.0 Å². The van der Waals surface area contributed by atoms with Crippen LogP contribution in [0.3, 0.4) is 0 Å². The van der Waals surface area contributed by atoms with E-state index in [4.69, 9.17) is 4.74 Å². The summed E-state index contributed by atoms with van der Waals surface area (Å²) in [6.45, 7) is 12.7. The first-order valence-electron chi connectivity index (χ1n) is 6.03. The van der Waals surface area contributed by atoms with E-state index in [1.54, 1.807) is 0 Å². The van der Waals surface area contributed by atoms with Gasteiger partial charge in [-0.2, -0.15) is 0 Å². The summed E-state index contributed by atoms with van der Waals surface area (Å²) in [6, 6.07) is 0. The summed E-state index contributed by atoms with van der Waals surface area (Å²) in [5.41, 5.74) is 0.450. The first kappa shape index (κ1) is 13.9. The average molecular weight is 201 g/mol. The Morgan fingerprint density at radius 3 is 2.14 bits per heavy atom. The highest BCUT2D eigenvalue weighted by atomic mass is 16.5.